The minimum atomic E-state index is -0.252. The molecule has 0 bridgehead atoms. The summed E-state index contributed by atoms with van der Waals surface area (Å²) in [6.07, 6.45) is 3.21. The number of ether oxygens (including phenoxy) is 2. The average Bonchev–Trinajstić information content (AvgIpc) is 2.70. The average molecular weight is 586 g/mol. The highest BCUT2D eigenvalue weighted by atomic mass is 79.9. The first kappa shape index (κ1) is 21.7. The van der Waals surface area contributed by atoms with Gasteiger partial charge in [-0.25, -0.2) is 4.98 Å². The zero-order valence-electron chi connectivity index (χ0n) is 15.6. The zero-order chi connectivity index (χ0) is 21.1. The Morgan fingerprint density at radius 1 is 1.24 bits per heavy atom. The lowest BCUT2D eigenvalue weighted by Crippen LogP contribution is -2.20. The van der Waals surface area contributed by atoms with Gasteiger partial charge in [0.2, 0.25) is 0 Å². The topological polar surface area (TPSA) is 65.7 Å². The Labute approximate surface area is 192 Å². The predicted molar refractivity (Wildman–Crippen MR) is 126 cm³/mol. The van der Waals surface area contributed by atoms with Crippen molar-refractivity contribution in [1.82, 2.24) is 9.66 Å². The molecule has 0 aliphatic heterocycles. The molecule has 0 N–H and O–H groups in total. The van der Waals surface area contributed by atoms with Crippen molar-refractivity contribution in [2.75, 3.05) is 13.7 Å². The van der Waals surface area contributed by atoms with Crippen molar-refractivity contribution in [3.63, 3.8) is 0 Å². The second-order valence-corrected chi connectivity index (χ2v) is 8.41. The Hall–Kier alpha value is -1.97. The van der Waals surface area contributed by atoms with E-state index in [2.05, 4.69) is 64.5 Å². The third kappa shape index (κ3) is 4.46. The number of rotatable bonds is 6. The van der Waals surface area contributed by atoms with Gasteiger partial charge in [-0.2, -0.15) is 9.78 Å². The smallest absolute Gasteiger partial charge is 0.282 e. The highest BCUT2D eigenvalue weighted by molar-refractivity contribution is 9.13. The van der Waals surface area contributed by atoms with Gasteiger partial charge in [0.05, 0.1) is 28.7 Å². The lowest BCUT2D eigenvalue weighted by molar-refractivity contribution is 0.324. The Bertz CT molecular complexity index is 1190. The van der Waals surface area contributed by atoms with Gasteiger partial charge >= 0.3 is 0 Å². The van der Waals surface area contributed by atoms with Crippen molar-refractivity contribution in [3.8, 4) is 11.5 Å². The first-order valence-corrected chi connectivity index (χ1v) is 10.8. The number of hydrogen-bond acceptors (Lipinski definition) is 5. The van der Waals surface area contributed by atoms with E-state index in [0.29, 0.717) is 49.3 Å². The predicted octanol–water partition coefficient (Wildman–Crippen LogP) is 5.45. The van der Waals surface area contributed by atoms with Crippen molar-refractivity contribution in [1.29, 1.82) is 0 Å². The third-order valence-corrected chi connectivity index (χ3v) is 6.64. The summed E-state index contributed by atoms with van der Waals surface area (Å²) >= 11 is 10.4. The van der Waals surface area contributed by atoms with Gasteiger partial charge in [0.1, 0.15) is 12.4 Å². The SMILES string of the molecule is C=CCOc1c(OC)cc(C=Nn2c(C)nc3ccc(Br)cc3c2=O)c(Br)c1Br. The van der Waals surface area contributed by atoms with Crippen LogP contribution in [-0.4, -0.2) is 29.6 Å². The van der Waals surface area contributed by atoms with E-state index in [9.17, 15) is 4.79 Å². The molecule has 0 radical (unpaired) electrons. The van der Waals surface area contributed by atoms with Gasteiger partial charge in [-0.15, -0.1) is 0 Å². The number of benzene rings is 2. The van der Waals surface area contributed by atoms with E-state index in [1.165, 1.54) is 4.68 Å². The summed E-state index contributed by atoms with van der Waals surface area (Å²) in [5.74, 6) is 1.55. The van der Waals surface area contributed by atoms with Crippen LogP contribution in [0.15, 0.2) is 60.2 Å². The molecule has 2 aromatic carbocycles. The maximum atomic E-state index is 12.9. The maximum Gasteiger partial charge on any atom is 0.282 e. The summed E-state index contributed by atoms with van der Waals surface area (Å²) in [6, 6.07) is 7.14. The van der Waals surface area contributed by atoms with Crippen LogP contribution in [0.3, 0.4) is 0 Å². The molecule has 0 spiro atoms. The molecule has 6 nitrogen and oxygen atoms in total. The fraction of sp³-hybridized carbons (Fsp3) is 0.150. The van der Waals surface area contributed by atoms with Crippen LogP contribution in [0.1, 0.15) is 11.4 Å². The van der Waals surface area contributed by atoms with Gasteiger partial charge < -0.3 is 9.47 Å². The molecule has 150 valence electrons. The molecule has 1 heterocycles. The largest absolute Gasteiger partial charge is 0.493 e. The summed E-state index contributed by atoms with van der Waals surface area (Å²) in [5.41, 5.74) is 1.06. The molecular formula is C20H16Br3N3O3. The van der Waals surface area contributed by atoms with Gasteiger partial charge in [0.15, 0.2) is 11.5 Å². The molecule has 3 aromatic rings. The number of aromatic nitrogens is 2. The van der Waals surface area contributed by atoms with E-state index < -0.39 is 0 Å². The van der Waals surface area contributed by atoms with Crippen LogP contribution in [0, 0.1) is 6.92 Å². The molecule has 1 aromatic heterocycles. The standard InChI is InChI=1S/C20H16Br3N3O3/c1-4-7-29-19-16(28-3)8-12(17(22)18(19)23)10-24-26-11(2)25-15-6-5-13(21)9-14(15)20(26)27/h4-6,8-10H,1,7H2,2-3H3. The Balaban J connectivity index is 2.09. The van der Waals surface area contributed by atoms with Crippen LogP contribution in [-0.2, 0) is 0 Å². The lowest BCUT2D eigenvalue weighted by Gasteiger charge is -2.14. The van der Waals surface area contributed by atoms with Crippen LogP contribution in [0.2, 0.25) is 0 Å². The normalized spacial score (nSPS) is 11.2. The molecule has 3 rings (SSSR count). The molecular weight excluding hydrogens is 570 g/mol. The van der Waals surface area contributed by atoms with Crippen LogP contribution < -0.4 is 15.0 Å². The first-order valence-electron chi connectivity index (χ1n) is 8.40. The van der Waals surface area contributed by atoms with Crippen molar-refractivity contribution < 1.29 is 9.47 Å². The molecule has 0 fully saturated rings. The van der Waals surface area contributed by atoms with E-state index in [1.54, 1.807) is 44.5 Å². The summed E-state index contributed by atoms with van der Waals surface area (Å²) in [4.78, 5) is 17.3. The quantitative estimate of drug-likeness (QED) is 0.285. The summed E-state index contributed by atoms with van der Waals surface area (Å²) in [6.45, 7) is 5.72. The molecule has 0 unspecified atom stereocenters. The molecule has 0 aliphatic rings. The number of halogens is 3. The van der Waals surface area contributed by atoms with Gasteiger partial charge in [0.25, 0.3) is 5.56 Å². The third-order valence-electron chi connectivity index (χ3n) is 4.00. The Morgan fingerprint density at radius 3 is 2.69 bits per heavy atom. The molecule has 0 atom stereocenters. The Kier molecular flexibility index (Phi) is 6.92. The summed E-state index contributed by atoms with van der Waals surface area (Å²) < 4.78 is 14.6. The van der Waals surface area contributed by atoms with Crippen molar-refractivity contribution in [2.45, 2.75) is 6.92 Å². The fourth-order valence-electron chi connectivity index (χ4n) is 2.64. The second kappa shape index (κ2) is 9.23. The van der Waals surface area contributed by atoms with E-state index in [-0.39, 0.29) is 5.56 Å². The summed E-state index contributed by atoms with van der Waals surface area (Å²) in [7, 11) is 1.55. The van der Waals surface area contributed by atoms with Gasteiger partial charge in [0, 0.05) is 14.5 Å². The van der Waals surface area contributed by atoms with Crippen molar-refractivity contribution in [2.24, 2.45) is 5.10 Å². The Morgan fingerprint density at radius 2 is 2.00 bits per heavy atom. The molecule has 0 aliphatic carbocycles. The summed E-state index contributed by atoms with van der Waals surface area (Å²) in [5, 5.41) is 4.84. The number of methoxy groups -OCH3 is 1. The van der Waals surface area contributed by atoms with E-state index in [4.69, 9.17) is 9.47 Å². The zero-order valence-corrected chi connectivity index (χ0v) is 20.3. The molecule has 0 saturated carbocycles. The van der Waals surface area contributed by atoms with Crippen LogP contribution in [0.5, 0.6) is 11.5 Å². The number of fused-ring (bicyclic) bond motifs is 1. The van der Waals surface area contributed by atoms with Crippen molar-refractivity contribution in [3.05, 3.63) is 72.1 Å². The molecule has 9 heteroatoms. The van der Waals surface area contributed by atoms with Crippen LogP contribution in [0.4, 0.5) is 0 Å². The molecule has 29 heavy (non-hydrogen) atoms. The van der Waals surface area contributed by atoms with Crippen LogP contribution >= 0.6 is 47.8 Å². The van der Waals surface area contributed by atoms with Crippen molar-refractivity contribution >= 4 is 64.9 Å². The minimum Gasteiger partial charge on any atom is -0.493 e. The monoisotopic (exact) mass is 583 g/mol. The van der Waals surface area contributed by atoms with Gasteiger partial charge in [-0.3, -0.25) is 4.79 Å². The fourth-order valence-corrected chi connectivity index (χ4v) is 3.94. The molecule has 0 saturated heterocycles. The van der Waals surface area contributed by atoms with Gasteiger partial charge in [-0.05, 0) is 63.0 Å². The van der Waals surface area contributed by atoms with E-state index >= 15 is 0 Å². The van der Waals surface area contributed by atoms with E-state index in [0.717, 1.165) is 4.47 Å². The second-order valence-electron chi connectivity index (χ2n) is 5.91. The minimum absolute atomic E-state index is 0.252. The molecule has 0 amide bonds. The number of nitrogens with zero attached hydrogens (tertiary/aromatic N) is 3. The van der Waals surface area contributed by atoms with E-state index in [1.807, 2.05) is 6.07 Å². The number of hydrogen-bond donors (Lipinski definition) is 0. The maximum absolute atomic E-state index is 12.9. The number of aryl methyl sites for hydroxylation is 1. The lowest BCUT2D eigenvalue weighted by atomic mass is 10.2. The first-order chi connectivity index (χ1) is 13.9. The highest BCUT2D eigenvalue weighted by Gasteiger charge is 2.16. The van der Waals surface area contributed by atoms with Crippen LogP contribution in [0.25, 0.3) is 10.9 Å². The highest BCUT2D eigenvalue weighted by Crippen LogP contribution is 2.42. The van der Waals surface area contributed by atoms with Gasteiger partial charge in [-0.1, -0.05) is 28.6 Å².